The van der Waals surface area contributed by atoms with Crippen LogP contribution in [0.3, 0.4) is 0 Å². The van der Waals surface area contributed by atoms with Gasteiger partial charge in [0.25, 0.3) is 5.91 Å². The molecule has 0 spiro atoms. The van der Waals surface area contributed by atoms with Gasteiger partial charge in [-0.05, 0) is 24.6 Å². The molecular formula is C19H22N3OS+. The molecule has 0 aliphatic carbocycles. The minimum absolute atomic E-state index is 0.0596. The quantitative estimate of drug-likeness (QED) is 0.723. The van der Waals surface area contributed by atoms with E-state index in [4.69, 9.17) is 4.98 Å². The lowest BCUT2D eigenvalue weighted by molar-refractivity contribution is -0.902. The van der Waals surface area contributed by atoms with E-state index in [1.807, 2.05) is 55.6 Å². The zero-order chi connectivity index (χ0) is 16.9. The lowest BCUT2D eigenvalue weighted by Crippen LogP contribution is -3.10. The topological polar surface area (TPSA) is 46.4 Å². The van der Waals surface area contributed by atoms with E-state index in [1.54, 1.807) is 11.3 Å². The largest absolute Gasteiger partial charge is 0.347 e. The summed E-state index contributed by atoms with van der Waals surface area (Å²) in [6, 6.07) is 18.3. The van der Waals surface area contributed by atoms with Gasteiger partial charge in [-0.25, -0.2) is 4.98 Å². The van der Waals surface area contributed by atoms with Crippen molar-refractivity contribution in [2.45, 2.75) is 19.5 Å². The van der Waals surface area contributed by atoms with E-state index in [0.717, 1.165) is 21.0 Å². The molecule has 3 rings (SSSR count). The van der Waals surface area contributed by atoms with Crippen molar-refractivity contribution < 1.29 is 9.69 Å². The smallest absolute Gasteiger partial charge is 0.275 e. The summed E-state index contributed by atoms with van der Waals surface area (Å²) in [6.07, 6.45) is 0. The fourth-order valence-electron chi connectivity index (χ4n) is 2.55. The van der Waals surface area contributed by atoms with E-state index in [0.29, 0.717) is 13.1 Å². The number of rotatable bonds is 6. The number of carbonyl (C=O) groups is 1. The maximum atomic E-state index is 12.2. The van der Waals surface area contributed by atoms with Gasteiger partial charge in [0.15, 0.2) is 11.6 Å². The minimum Gasteiger partial charge on any atom is -0.347 e. The lowest BCUT2D eigenvalue weighted by atomic mass is 10.2. The Bertz CT molecular complexity index is 783. The highest BCUT2D eigenvalue weighted by Crippen LogP contribution is 2.24. The number of fused-ring (bicyclic) bond motifs is 1. The Kier molecular flexibility index (Phi) is 5.23. The van der Waals surface area contributed by atoms with Gasteiger partial charge in [-0.2, -0.15) is 0 Å². The van der Waals surface area contributed by atoms with Gasteiger partial charge in [0.1, 0.15) is 6.04 Å². The SMILES string of the molecule is C[C@H](c1nc2ccccc2s1)[NH+](C)CC(=O)NCc1ccccc1. The van der Waals surface area contributed by atoms with E-state index < -0.39 is 0 Å². The van der Waals surface area contributed by atoms with Crippen molar-refractivity contribution in [1.82, 2.24) is 10.3 Å². The van der Waals surface area contributed by atoms with Crippen molar-refractivity contribution in [2.24, 2.45) is 0 Å². The number of quaternary nitrogens is 1. The Hall–Kier alpha value is -2.24. The molecule has 1 heterocycles. The molecule has 2 atom stereocenters. The van der Waals surface area contributed by atoms with E-state index in [1.165, 1.54) is 4.70 Å². The first kappa shape index (κ1) is 16.6. The molecule has 4 nitrogen and oxygen atoms in total. The first-order chi connectivity index (χ1) is 11.6. The van der Waals surface area contributed by atoms with Crippen LogP contribution in [0.25, 0.3) is 10.2 Å². The van der Waals surface area contributed by atoms with Gasteiger partial charge >= 0.3 is 0 Å². The summed E-state index contributed by atoms with van der Waals surface area (Å²) in [7, 11) is 2.04. The number of carbonyl (C=O) groups excluding carboxylic acids is 1. The minimum atomic E-state index is 0.0596. The van der Waals surface area contributed by atoms with Crippen LogP contribution >= 0.6 is 11.3 Å². The normalized spacial score (nSPS) is 13.6. The molecular weight excluding hydrogens is 318 g/mol. The van der Waals surface area contributed by atoms with Gasteiger partial charge in [-0.15, -0.1) is 11.3 Å². The third-order valence-electron chi connectivity index (χ3n) is 4.19. The van der Waals surface area contributed by atoms with E-state index in [2.05, 4.69) is 18.3 Å². The van der Waals surface area contributed by atoms with Crippen LogP contribution < -0.4 is 10.2 Å². The first-order valence-electron chi connectivity index (χ1n) is 8.12. The Morgan fingerprint density at radius 3 is 2.62 bits per heavy atom. The maximum absolute atomic E-state index is 12.2. The number of thiazole rings is 1. The maximum Gasteiger partial charge on any atom is 0.275 e. The molecule has 0 saturated carbocycles. The number of nitrogens with zero attached hydrogens (tertiary/aromatic N) is 1. The van der Waals surface area contributed by atoms with Crippen LogP contribution in [0.2, 0.25) is 0 Å². The zero-order valence-electron chi connectivity index (χ0n) is 14.0. The van der Waals surface area contributed by atoms with Crippen molar-refractivity contribution in [3.8, 4) is 0 Å². The lowest BCUT2D eigenvalue weighted by Gasteiger charge is -2.19. The molecule has 5 heteroatoms. The van der Waals surface area contributed by atoms with Gasteiger partial charge in [-0.3, -0.25) is 4.79 Å². The van der Waals surface area contributed by atoms with Gasteiger partial charge < -0.3 is 10.2 Å². The van der Waals surface area contributed by atoms with E-state index >= 15 is 0 Å². The summed E-state index contributed by atoms with van der Waals surface area (Å²) in [5.41, 5.74) is 2.15. The molecule has 0 saturated heterocycles. The van der Waals surface area contributed by atoms with Crippen LogP contribution in [0, 0.1) is 0 Å². The average molecular weight is 340 g/mol. The summed E-state index contributed by atoms with van der Waals surface area (Å²) >= 11 is 1.71. The zero-order valence-corrected chi connectivity index (χ0v) is 14.8. The van der Waals surface area contributed by atoms with Crippen molar-refractivity contribution in [1.29, 1.82) is 0 Å². The Morgan fingerprint density at radius 2 is 1.88 bits per heavy atom. The molecule has 24 heavy (non-hydrogen) atoms. The standard InChI is InChI=1S/C19H21N3OS/c1-14(19-21-16-10-6-7-11-17(16)24-19)22(2)13-18(23)20-12-15-8-4-3-5-9-15/h3-11,14H,12-13H2,1-2H3,(H,20,23)/p+1/t14-/m1/s1. The predicted molar refractivity (Wildman–Crippen MR) is 98.1 cm³/mol. The molecule has 2 N–H and O–H groups in total. The van der Waals surface area contributed by atoms with Crippen molar-refractivity contribution >= 4 is 27.5 Å². The van der Waals surface area contributed by atoms with Crippen molar-refractivity contribution in [2.75, 3.05) is 13.6 Å². The van der Waals surface area contributed by atoms with Crippen LogP contribution in [0.5, 0.6) is 0 Å². The number of aromatic nitrogens is 1. The van der Waals surface area contributed by atoms with E-state index in [9.17, 15) is 4.79 Å². The fourth-order valence-corrected chi connectivity index (χ4v) is 3.66. The van der Waals surface area contributed by atoms with Gasteiger partial charge in [-0.1, -0.05) is 42.5 Å². The second-order valence-corrected chi connectivity index (χ2v) is 7.09. The van der Waals surface area contributed by atoms with Gasteiger partial charge in [0.05, 0.1) is 17.3 Å². The number of likely N-dealkylation sites (N-methyl/N-ethyl adjacent to an activating group) is 1. The molecule has 1 aromatic heterocycles. The van der Waals surface area contributed by atoms with Crippen LogP contribution in [-0.4, -0.2) is 24.5 Å². The third-order valence-corrected chi connectivity index (χ3v) is 5.41. The number of nitrogens with one attached hydrogen (secondary N) is 2. The van der Waals surface area contributed by atoms with Crippen molar-refractivity contribution in [3.05, 3.63) is 65.2 Å². The summed E-state index contributed by atoms with van der Waals surface area (Å²) in [6.45, 7) is 3.13. The summed E-state index contributed by atoms with van der Waals surface area (Å²) < 4.78 is 1.20. The molecule has 2 aromatic carbocycles. The Balaban J connectivity index is 1.57. The molecule has 0 fully saturated rings. The Morgan fingerprint density at radius 1 is 1.17 bits per heavy atom. The summed E-state index contributed by atoms with van der Waals surface area (Å²) in [5, 5.41) is 4.06. The number of hydrogen-bond acceptors (Lipinski definition) is 3. The molecule has 1 amide bonds. The Labute approximate surface area is 146 Å². The second kappa shape index (κ2) is 7.55. The van der Waals surface area contributed by atoms with Crippen LogP contribution in [0.1, 0.15) is 23.5 Å². The highest BCUT2D eigenvalue weighted by molar-refractivity contribution is 7.18. The molecule has 0 bridgehead atoms. The molecule has 1 unspecified atom stereocenters. The number of benzene rings is 2. The molecule has 124 valence electrons. The molecule has 0 aliphatic rings. The van der Waals surface area contributed by atoms with Crippen LogP contribution in [-0.2, 0) is 11.3 Å². The molecule has 3 aromatic rings. The number of para-hydroxylation sites is 1. The number of hydrogen-bond donors (Lipinski definition) is 2. The number of amides is 1. The third kappa shape index (κ3) is 3.99. The monoisotopic (exact) mass is 340 g/mol. The highest BCUT2D eigenvalue weighted by atomic mass is 32.1. The predicted octanol–water partition coefficient (Wildman–Crippen LogP) is 2.19. The molecule has 0 aliphatic heterocycles. The first-order valence-corrected chi connectivity index (χ1v) is 8.93. The van der Waals surface area contributed by atoms with Gasteiger partial charge in [0, 0.05) is 6.54 Å². The van der Waals surface area contributed by atoms with Crippen LogP contribution in [0.4, 0.5) is 0 Å². The highest BCUT2D eigenvalue weighted by Gasteiger charge is 2.21. The van der Waals surface area contributed by atoms with Crippen LogP contribution in [0.15, 0.2) is 54.6 Å². The summed E-state index contributed by atoms with van der Waals surface area (Å²) in [4.78, 5) is 18.0. The average Bonchev–Trinajstić information content (AvgIpc) is 3.04. The summed E-state index contributed by atoms with van der Waals surface area (Å²) in [5.74, 6) is 0.0596. The van der Waals surface area contributed by atoms with E-state index in [-0.39, 0.29) is 11.9 Å². The van der Waals surface area contributed by atoms with Gasteiger partial charge in [0.2, 0.25) is 0 Å². The van der Waals surface area contributed by atoms with Crippen molar-refractivity contribution in [3.63, 3.8) is 0 Å². The molecule has 0 radical (unpaired) electrons. The fraction of sp³-hybridized carbons (Fsp3) is 0.263. The second-order valence-electron chi connectivity index (χ2n) is 6.03.